The van der Waals surface area contributed by atoms with Crippen LogP contribution in [0.4, 0.5) is 0 Å². The molecule has 0 saturated heterocycles. The second kappa shape index (κ2) is 6.02. The van der Waals surface area contributed by atoms with Gasteiger partial charge < -0.3 is 15.4 Å². The molecule has 1 aromatic rings. The SMILES string of the molecule is CCC(CC)(CO)NC(=O)c1c(C)cc(C)[nH]c1=O. The van der Waals surface area contributed by atoms with Crippen molar-refractivity contribution in [1.82, 2.24) is 10.3 Å². The summed E-state index contributed by atoms with van der Waals surface area (Å²) in [6.07, 6.45) is 1.21. The van der Waals surface area contributed by atoms with Crippen LogP contribution in [0.3, 0.4) is 0 Å². The molecule has 106 valence electrons. The Kier molecular flexibility index (Phi) is 4.89. The summed E-state index contributed by atoms with van der Waals surface area (Å²) in [4.78, 5) is 26.7. The molecule has 0 aromatic carbocycles. The van der Waals surface area contributed by atoms with Crippen LogP contribution in [0.5, 0.6) is 0 Å². The molecule has 0 bridgehead atoms. The highest BCUT2D eigenvalue weighted by molar-refractivity contribution is 5.95. The fourth-order valence-electron chi connectivity index (χ4n) is 2.13. The molecule has 5 heteroatoms. The molecule has 0 saturated carbocycles. The molecule has 0 atom stereocenters. The maximum Gasteiger partial charge on any atom is 0.261 e. The van der Waals surface area contributed by atoms with Crippen LogP contribution in [0.1, 0.15) is 48.3 Å². The van der Waals surface area contributed by atoms with Gasteiger partial charge in [-0.15, -0.1) is 0 Å². The van der Waals surface area contributed by atoms with Crippen molar-refractivity contribution in [2.45, 2.75) is 46.1 Å². The summed E-state index contributed by atoms with van der Waals surface area (Å²) >= 11 is 0. The van der Waals surface area contributed by atoms with Crippen LogP contribution in [0.2, 0.25) is 0 Å². The lowest BCUT2D eigenvalue weighted by atomic mass is 9.93. The maximum absolute atomic E-state index is 12.2. The first kappa shape index (κ1) is 15.4. The van der Waals surface area contributed by atoms with Gasteiger partial charge in [0, 0.05) is 5.69 Å². The minimum absolute atomic E-state index is 0.116. The van der Waals surface area contributed by atoms with E-state index in [4.69, 9.17) is 0 Å². The van der Waals surface area contributed by atoms with E-state index in [0.29, 0.717) is 18.4 Å². The first-order valence-corrected chi connectivity index (χ1v) is 6.53. The third-order valence-electron chi connectivity index (χ3n) is 3.63. The van der Waals surface area contributed by atoms with Gasteiger partial charge in [0.05, 0.1) is 12.1 Å². The number of amides is 1. The van der Waals surface area contributed by atoms with Crippen LogP contribution >= 0.6 is 0 Å². The van der Waals surface area contributed by atoms with Crippen molar-refractivity contribution < 1.29 is 9.90 Å². The van der Waals surface area contributed by atoms with Gasteiger partial charge in [-0.3, -0.25) is 9.59 Å². The second-order valence-electron chi connectivity index (χ2n) is 4.94. The van der Waals surface area contributed by atoms with Gasteiger partial charge in [-0.05, 0) is 38.3 Å². The number of aliphatic hydroxyl groups excluding tert-OH is 1. The quantitative estimate of drug-likeness (QED) is 0.750. The average Bonchev–Trinajstić information content (AvgIpc) is 2.35. The van der Waals surface area contributed by atoms with Crippen LogP contribution in [0.15, 0.2) is 10.9 Å². The summed E-state index contributed by atoms with van der Waals surface area (Å²) in [5.74, 6) is -0.434. The first-order chi connectivity index (χ1) is 8.89. The predicted molar refractivity (Wildman–Crippen MR) is 74.4 cm³/mol. The zero-order valence-electron chi connectivity index (χ0n) is 12.0. The number of carbonyl (C=O) groups is 1. The van der Waals surface area contributed by atoms with E-state index < -0.39 is 17.0 Å². The molecule has 5 nitrogen and oxygen atoms in total. The number of hydrogen-bond donors (Lipinski definition) is 3. The molecule has 0 aliphatic carbocycles. The molecule has 0 aliphatic heterocycles. The van der Waals surface area contributed by atoms with E-state index in [1.807, 2.05) is 13.8 Å². The van der Waals surface area contributed by atoms with E-state index in [-0.39, 0.29) is 12.2 Å². The fraction of sp³-hybridized carbons (Fsp3) is 0.571. The van der Waals surface area contributed by atoms with Crippen LogP contribution in [0, 0.1) is 13.8 Å². The zero-order valence-corrected chi connectivity index (χ0v) is 12.0. The Bertz CT molecular complexity index is 508. The van der Waals surface area contributed by atoms with Crippen LogP contribution in [0.25, 0.3) is 0 Å². The van der Waals surface area contributed by atoms with Crippen molar-refractivity contribution in [2.75, 3.05) is 6.61 Å². The van der Waals surface area contributed by atoms with Gasteiger partial charge >= 0.3 is 0 Å². The first-order valence-electron chi connectivity index (χ1n) is 6.53. The molecule has 0 aliphatic rings. The second-order valence-corrected chi connectivity index (χ2v) is 4.94. The number of H-pyrrole nitrogens is 1. The van der Waals surface area contributed by atoms with E-state index >= 15 is 0 Å². The van der Waals surface area contributed by atoms with Crippen molar-refractivity contribution in [3.63, 3.8) is 0 Å². The maximum atomic E-state index is 12.2. The Balaban J connectivity index is 3.12. The number of aromatic nitrogens is 1. The van der Waals surface area contributed by atoms with Gasteiger partial charge in [-0.1, -0.05) is 13.8 Å². The molecule has 0 spiro atoms. The summed E-state index contributed by atoms with van der Waals surface area (Å²) in [7, 11) is 0. The van der Waals surface area contributed by atoms with Gasteiger partial charge in [0.2, 0.25) is 0 Å². The topological polar surface area (TPSA) is 82.2 Å². The fourth-order valence-corrected chi connectivity index (χ4v) is 2.13. The zero-order chi connectivity index (χ0) is 14.6. The van der Waals surface area contributed by atoms with Gasteiger partial charge in [-0.2, -0.15) is 0 Å². The molecule has 0 unspecified atom stereocenters. The molecular weight excluding hydrogens is 244 g/mol. The summed E-state index contributed by atoms with van der Waals surface area (Å²) in [5.41, 5.74) is 0.413. The Hall–Kier alpha value is -1.62. The minimum atomic E-state index is -0.666. The highest BCUT2D eigenvalue weighted by atomic mass is 16.3. The van der Waals surface area contributed by atoms with Crippen LogP contribution in [-0.4, -0.2) is 28.1 Å². The van der Waals surface area contributed by atoms with Crippen molar-refractivity contribution >= 4 is 5.91 Å². The molecule has 0 fully saturated rings. The van der Waals surface area contributed by atoms with Gasteiger partial charge in [0.15, 0.2) is 0 Å². The molecule has 1 aromatic heterocycles. The third kappa shape index (κ3) is 3.23. The molecule has 19 heavy (non-hydrogen) atoms. The van der Waals surface area contributed by atoms with Crippen LogP contribution < -0.4 is 10.9 Å². The van der Waals surface area contributed by atoms with Crippen molar-refractivity contribution in [2.24, 2.45) is 0 Å². The molecule has 1 rings (SSSR count). The summed E-state index contributed by atoms with van der Waals surface area (Å²) in [6, 6.07) is 1.76. The smallest absolute Gasteiger partial charge is 0.261 e. The predicted octanol–water partition coefficient (Wildman–Crippen LogP) is 1.27. The Morgan fingerprint density at radius 2 is 1.95 bits per heavy atom. The van der Waals surface area contributed by atoms with Gasteiger partial charge in [0.25, 0.3) is 11.5 Å². The number of aromatic amines is 1. The van der Waals surface area contributed by atoms with E-state index in [9.17, 15) is 14.7 Å². The lowest BCUT2D eigenvalue weighted by Crippen LogP contribution is -2.51. The number of pyridine rings is 1. The van der Waals surface area contributed by atoms with E-state index in [1.165, 1.54) is 0 Å². The summed E-state index contributed by atoms with van der Waals surface area (Å²) < 4.78 is 0. The Morgan fingerprint density at radius 1 is 1.37 bits per heavy atom. The average molecular weight is 266 g/mol. The van der Waals surface area contributed by atoms with E-state index in [1.54, 1.807) is 19.9 Å². The minimum Gasteiger partial charge on any atom is -0.394 e. The highest BCUT2D eigenvalue weighted by Gasteiger charge is 2.29. The van der Waals surface area contributed by atoms with Crippen molar-refractivity contribution in [1.29, 1.82) is 0 Å². The number of carbonyl (C=O) groups excluding carboxylic acids is 1. The summed E-state index contributed by atoms with van der Waals surface area (Å²) in [6.45, 7) is 7.15. The standard InChI is InChI=1S/C14H22N2O3/c1-5-14(6-2,8-17)16-13(19)11-9(3)7-10(4)15-12(11)18/h7,17H,5-6,8H2,1-4H3,(H,15,18)(H,16,19). The number of aryl methyl sites for hydroxylation is 2. The molecular formula is C14H22N2O3. The van der Waals surface area contributed by atoms with E-state index in [2.05, 4.69) is 10.3 Å². The number of hydrogen-bond acceptors (Lipinski definition) is 3. The normalized spacial score (nSPS) is 11.4. The van der Waals surface area contributed by atoms with Gasteiger partial charge in [0.1, 0.15) is 5.56 Å². The van der Waals surface area contributed by atoms with Crippen LogP contribution in [-0.2, 0) is 0 Å². The van der Waals surface area contributed by atoms with Crippen molar-refractivity contribution in [3.8, 4) is 0 Å². The monoisotopic (exact) mass is 266 g/mol. The Labute approximate surface area is 113 Å². The number of rotatable bonds is 5. The lowest BCUT2D eigenvalue weighted by molar-refractivity contribution is 0.0815. The number of nitrogens with one attached hydrogen (secondary N) is 2. The largest absolute Gasteiger partial charge is 0.394 e. The summed E-state index contributed by atoms with van der Waals surface area (Å²) in [5, 5.41) is 12.2. The van der Waals surface area contributed by atoms with Gasteiger partial charge in [-0.25, -0.2) is 0 Å². The molecule has 1 heterocycles. The molecule has 3 N–H and O–H groups in total. The lowest BCUT2D eigenvalue weighted by Gasteiger charge is -2.30. The molecule has 1 amide bonds. The Morgan fingerprint density at radius 3 is 2.37 bits per heavy atom. The van der Waals surface area contributed by atoms with Crippen molar-refractivity contribution in [3.05, 3.63) is 33.2 Å². The van der Waals surface area contributed by atoms with E-state index in [0.717, 1.165) is 5.69 Å². The molecule has 0 radical (unpaired) electrons. The third-order valence-corrected chi connectivity index (χ3v) is 3.63. The number of aliphatic hydroxyl groups is 1. The highest BCUT2D eigenvalue weighted by Crippen LogP contribution is 2.15.